The van der Waals surface area contributed by atoms with E-state index in [0.717, 1.165) is 16.8 Å². The van der Waals surface area contributed by atoms with E-state index in [1.54, 1.807) is 10.7 Å². The Balaban J connectivity index is 2.00. The molecule has 1 unspecified atom stereocenters. The molecule has 0 saturated heterocycles. The molecule has 6 heteroatoms. The van der Waals surface area contributed by atoms with Gasteiger partial charge >= 0.3 is 0 Å². The average molecular weight is 373 g/mol. The Kier molecular flexibility index (Phi) is 4.93. The van der Waals surface area contributed by atoms with Crippen LogP contribution in [0.1, 0.15) is 56.9 Å². The fraction of sp³-hybridized carbons (Fsp3) is 0.450. The molecule has 1 aliphatic heterocycles. The molecule has 0 aromatic carbocycles. The first-order chi connectivity index (χ1) is 12.3. The van der Waals surface area contributed by atoms with Crippen LogP contribution in [0.5, 0.6) is 0 Å². The maximum absolute atomic E-state index is 13.1. The fourth-order valence-electron chi connectivity index (χ4n) is 3.81. The molecule has 5 nitrogen and oxygen atoms in total. The summed E-state index contributed by atoms with van der Waals surface area (Å²) < 4.78 is 1.77. The maximum Gasteiger partial charge on any atom is 0.232 e. The van der Waals surface area contributed by atoms with Gasteiger partial charge in [-0.25, -0.2) is 4.98 Å². The van der Waals surface area contributed by atoms with Crippen LogP contribution in [0.2, 0.25) is 5.15 Å². The molecule has 3 rings (SSSR count). The van der Waals surface area contributed by atoms with Crippen molar-refractivity contribution < 1.29 is 4.79 Å². The van der Waals surface area contributed by atoms with Crippen molar-refractivity contribution in [3.63, 3.8) is 0 Å². The maximum atomic E-state index is 13.1. The van der Waals surface area contributed by atoms with Crippen molar-refractivity contribution in [3.8, 4) is 0 Å². The van der Waals surface area contributed by atoms with E-state index in [0.29, 0.717) is 24.4 Å². The molecule has 0 aliphatic carbocycles. The van der Waals surface area contributed by atoms with Crippen molar-refractivity contribution in [1.82, 2.24) is 20.1 Å². The smallest absolute Gasteiger partial charge is 0.232 e. The number of amides is 1. The highest BCUT2D eigenvalue weighted by atomic mass is 35.5. The monoisotopic (exact) mass is 372 g/mol. The molecule has 1 N–H and O–H groups in total. The molecule has 0 fully saturated rings. The van der Waals surface area contributed by atoms with E-state index < -0.39 is 11.0 Å². The van der Waals surface area contributed by atoms with Crippen molar-refractivity contribution in [2.75, 3.05) is 0 Å². The number of fused-ring (bicyclic) bond motifs is 1. The van der Waals surface area contributed by atoms with Gasteiger partial charge < -0.3 is 5.32 Å². The largest absolute Gasteiger partial charge is 0.346 e. The Hall–Kier alpha value is -2.14. The molecule has 138 valence electrons. The summed E-state index contributed by atoms with van der Waals surface area (Å²) in [5.41, 5.74) is 1.75. The van der Waals surface area contributed by atoms with Crippen LogP contribution in [0, 0.1) is 0 Å². The lowest BCUT2D eigenvalue weighted by Crippen LogP contribution is -2.58. The second-order valence-corrected chi connectivity index (χ2v) is 7.55. The summed E-state index contributed by atoms with van der Waals surface area (Å²) in [4.78, 5) is 17.7. The molecule has 0 radical (unpaired) electrons. The Labute approximate surface area is 159 Å². The van der Waals surface area contributed by atoms with Crippen LogP contribution in [0.3, 0.4) is 0 Å². The molecular formula is C20H25ClN4O. The molecule has 0 spiro atoms. The number of rotatable bonds is 5. The average Bonchev–Trinajstić information content (AvgIpc) is 3.01. The van der Waals surface area contributed by atoms with Gasteiger partial charge in [0.05, 0.1) is 22.8 Å². The number of nitrogens with zero attached hydrogens (tertiary/aromatic N) is 3. The second-order valence-electron chi connectivity index (χ2n) is 7.16. The predicted molar refractivity (Wildman–Crippen MR) is 104 cm³/mol. The van der Waals surface area contributed by atoms with Crippen LogP contribution in [-0.2, 0) is 22.8 Å². The summed E-state index contributed by atoms with van der Waals surface area (Å²) >= 11 is 6.18. The summed E-state index contributed by atoms with van der Waals surface area (Å²) in [6, 6.07) is 3.80. The predicted octanol–water partition coefficient (Wildman–Crippen LogP) is 3.97. The molecule has 1 atom stereocenters. The van der Waals surface area contributed by atoms with Crippen LogP contribution >= 0.6 is 11.6 Å². The van der Waals surface area contributed by atoms with Gasteiger partial charge in [-0.1, -0.05) is 43.7 Å². The van der Waals surface area contributed by atoms with Crippen molar-refractivity contribution in [3.05, 3.63) is 52.6 Å². The lowest BCUT2D eigenvalue weighted by Gasteiger charge is -2.44. The van der Waals surface area contributed by atoms with Gasteiger partial charge in [0.25, 0.3) is 0 Å². The summed E-state index contributed by atoms with van der Waals surface area (Å²) in [5, 5.41) is 7.86. The number of hydrogen-bond acceptors (Lipinski definition) is 3. The Bertz CT molecular complexity index is 853. The van der Waals surface area contributed by atoms with E-state index in [4.69, 9.17) is 11.6 Å². The highest BCUT2D eigenvalue weighted by molar-refractivity contribution is 6.29. The topological polar surface area (TPSA) is 59.8 Å². The molecule has 0 saturated carbocycles. The van der Waals surface area contributed by atoms with Gasteiger partial charge in [0.1, 0.15) is 5.15 Å². The van der Waals surface area contributed by atoms with Gasteiger partial charge in [-0.15, -0.1) is 0 Å². The summed E-state index contributed by atoms with van der Waals surface area (Å²) in [6.45, 7) is 6.10. The highest BCUT2D eigenvalue weighted by Gasteiger charge is 2.49. The third-order valence-electron chi connectivity index (χ3n) is 5.50. The standard InChI is InChI=1S/C20H25ClN4O/c1-5-20(6-2)17-15(9-10-16(21)23-17)19(3,24-18(20)26)11-7-8-14-12-22-25(4)13-14/h7-10,12-13H,5-6,11H2,1-4H3,(H,24,26). The first-order valence-corrected chi connectivity index (χ1v) is 9.38. The van der Waals surface area contributed by atoms with Crippen LogP contribution in [-0.4, -0.2) is 20.7 Å². The number of nitrogens with one attached hydrogen (secondary N) is 1. The van der Waals surface area contributed by atoms with Crippen molar-refractivity contribution in [2.24, 2.45) is 7.05 Å². The number of carbonyl (C=O) groups is 1. The Morgan fingerprint density at radius 3 is 2.65 bits per heavy atom. The third-order valence-corrected chi connectivity index (χ3v) is 5.71. The van der Waals surface area contributed by atoms with E-state index in [1.807, 2.05) is 52.4 Å². The van der Waals surface area contributed by atoms with Gasteiger partial charge in [0.15, 0.2) is 0 Å². The third kappa shape index (κ3) is 3.05. The number of carbonyl (C=O) groups excluding carboxylic acids is 1. The normalized spacial score (nSPS) is 21.7. The molecule has 2 aromatic heterocycles. The van der Waals surface area contributed by atoms with Gasteiger partial charge in [-0.2, -0.15) is 5.10 Å². The number of aromatic nitrogens is 3. The molecule has 1 amide bonds. The molecular weight excluding hydrogens is 348 g/mol. The minimum Gasteiger partial charge on any atom is -0.346 e. The summed E-state index contributed by atoms with van der Waals surface area (Å²) in [7, 11) is 1.89. The van der Waals surface area contributed by atoms with E-state index in [9.17, 15) is 4.79 Å². The van der Waals surface area contributed by atoms with Crippen molar-refractivity contribution in [2.45, 2.75) is 51.0 Å². The first-order valence-electron chi connectivity index (χ1n) is 9.00. The summed E-state index contributed by atoms with van der Waals surface area (Å²) in [6.07, 6.45) is 9.90. The van der Waals surface area contributed by atoms with Crippen LogP contribution < -0.4 is 5.32 Å². The van der Waals surface area contributed by atoms with Crippen LogP contribution in [0.25, 0.3) is 6.08 Å². The first kappa shape index (κ1) is 18.6. The lowest BCUT2D eigenvalue weighted by atomic mass is 9.68. The Morgan fingerprint density at radius 1 is 1.31 bits per heavy atom. The van der Waals surface area contributed by atoms with E-state index in [2.05, 4.69) is 21.5 Å². The van der Waals surface area contributed by atoms with Gasteiger partial charge in [-0.05, 0) is 32.3 Å². The molecule has 1 aliphatic rings. The van der Waals surface area contributed by atoms with Gasteiger partial charge in [0, 0.05) is 24.4 Å². The molecule has 3 heterocycles. The Morgan fingerprint density at radius 2 is 2.04 bits per heavy atom. The van der Waals surface area contributed by atoms with Crippen molar-refractivity contribution in [1.29, 1.82) is 0 Å². The highest BCUT2D eigenvalue weighted by Crippen LogP contribution is 2.43. The van der Waals surface area contributed by atoms with E-state index in [-0.39, 0.29) is 5.91 Å². The molecule has 0 bridgehead atoms. The van der Waals surface area contributed by atoms with Gasteiger partial charge in [-0.3, -0.25) is 9.48 Å². The number of pyridine rings is 1. The van der Waals surface area contributed by atoms with Crippen LogP contribution in [0.4, 0.5) is 0 Å². The zero-order valence-electron chi connectivity index (χ0n) is 15.7. The zero-order chi connectivity index (χ0) is 18.9. The number of hydrogen-bond donors (Lipinski definition) is 1. The fourth-order valence-corrected chi connectivity index (χ4v) is 3.96. The minimum absolute atomic E-state index is 0.0297. The number of aryl methyl sites for hydroxylation is 1. The second kappa shape index (κ2) is 6.88. The summed E-state index contributed by atoms with van der Waals surface area (Å²) in [5.74, 6) is 0.0297. The number of halogens is 1. The van der Waals surface area contributed by atoms with E-state index in [1.165, 1.54) is 0 Å². The quantitative estimate of drug-likeness (QED) is 0.807. The SMILES string of the molecule is CCC1(CC)C(=O)NC(C)(CC=Cc2cnn(C)c2)c2ccc(Cl)nc21. The molecule has 26 heavy (non-hydrogen) atoms. The van der Waals surface area contributed by atoms with Crippen molar-refractivity contribution >= 4 is 23.6 Å². The van der Waals surface area contributed by atoms with E-state index >= 15 is 0 Å². The zero-order valence-corrected chi connectivity index (χ0v) is 16.5. The molecule has 2 aromatic rings. The minimum atomic E-state index is -0.618. The van der Waals surface area contributed by atoms with Crippen LogP contribution in [0.15, 0.2) is 30.6 Å². The van der Waals surface area contributed by atoms with Gasteiger partial charge in [0.2, 0.25) is 5.91 Å². The lowest BCUT2D eigenvalue weighted by molar-refractivity contribution is -0.130.